The molecule has 120 valence electrons. The molecule has 1 aromatic carbocycles. The summed E-state index contributed by atoms with van der Waals surface area (Å²) in [5, 5.41) is 0.918. The van der Waals surface area contributed by atoms with E-state index in [0.29, 0.717) is 22.0 Å². The lowest BCUT2D eigenvalue weighted by Gasteiger charge is -2.10. The summed E-state index contributed by atoms with van der Waals surface area (Å²) in [6, 6.07) is 4.61. The molecule has 3 aromatic rings. The molecular formula is C14H12N3O5S-. The lowest BCUT2D eigenvalue weighted by atomic mass is 10.1. The molecule has 23 heavy (non-hydrogen) atoms. The van der Waals surface area contributed by atoms with Crippen LogP contribution in [0, 0.1) is 0 Å². The van der Waals surface area contributed by atoms with Crippen LogP contribution >= 0.6 is 0 Å². The first-order valence-corrected chi connectivity index (χ1v) is 7.79. The molecule has 0 aliphatic carbocycles. The zero-order chi connectivity index (χ0) is 16.6. The van der Waals surface area contributed by atoms with Gasteiger partial charge in [0, 0.05) is 39.4 Å². The molecule has 0 radical (unpaired) electrons. The highest BCUT2D eigenvalue weighted by Gasteiger charge is 2.18. The number of carbonyl (C=O) groups excluding carboxylic acids is 1. The van der Waals surface area contributed by atoms with Gasteiger partial charge in [-0.05, 0) is 25.1 Å². The maximum atomic E-state index is 12.1. The second-order valence-electron chi connectivity index (χ2n) is 4.72. The maximum Gasteiger partial charge on any atom is 0.340 e. The second-order valence-corrected chi connectivity index (χ2v) is 5.40. The summed E-state index contributed by atoms with van der Waals surface area (Å²) >= 11 is -2.48. The fourth-order valence-corrected chi connectivity index (χ4v) is 2.78. The predicted octanol–water partition coefficient (Wildman–Crippen LogP) is 1.39. The number of ether oxygens (including phenoxy) is 1. The quantitative estimate of drug-likeness (QED) is 0.491. The van der Waals surface area contributed by atoms with Crippen LogP contribution < -0.4 is 10.3 Å². The number of aromatic nitrogens is 2. The smallest absolute Gasteiger partial charge is 0.340 e. The molecule has 0 fully saturated rings. The zero-order valence-corrected chi connectivity index (χ0v) is 12.8. The van der Waals surface area contributed by atoms with Crippen molar-refractivity contribution in [2.24, 2.45) is 0 Å². The molecule has 2 heterocycles. The molecule has 3 rings (SSSR count). The van der Waals surface area contributed by atoms with Crippen LogP contribution in [-0.4, -0.2) is 31.3 Å². The van der Waals surface area contributed by atoms with Crippen LogP contribution in [-0.2, 0) is 16.0 Å². The van der Waals surface area contributed by atoms with E-state index in [2.05, 4.69) is 14.7 Å². The molecule has 1 unspecified atom stereocenters. The molecule has 0 spiro atoms. The largest absolute Gasteiger partial charge is 0.755 e. The van der Waals surface area contributed by atoms with Crippen molar-refractivity contribution in [3.63, 3.8) is 0 Å². The first-order valence-electron chi connectivity index (χ1n) is 6.71. The van der Waals surface area contributed by atoms with E-state index in [0.717, 1.165) is 0 Å². The molecule has 9 heteroatoms. The first-order chi connectivity index (χ1) is 11.0. The van der Waals surface area contributed by atoms with Gasteiger partial charge in [-0.15, -0.1) is 0 Å². The maximum absolute atomic E-state index is 12.1. The van der Waals surface area contributed by atoms with Crippen LogP contribution in [0.5, 0.6) is 0 Å². The number of benzene rings is 1. The Hall–Kier alpha value is -2.65. The number of rotatable bonds is 4. The molecule has 0 saturated heterocycles. The van der Waals surface area contributed by atoms with Gasteiger partial charge in [-0.3, -0.25) is 9.00 Å². The van der Waals surface area contributed by atoms with Gasteiger partial charge in [0.05, 0.1) is 12.2 Å². The van der Waals surface area contributed by atoms with Crippen molar-refractivity contribution in [1.82, 2.24) is 9.97 Å². The van der Waals surface area contributed by atoms with Crippen molar-refractivity contribution in [2.45, 2.75) is 6.92 Å². The van der Waals surface area contributed by atoms with Gasteiger partial charge in [-0.1, -0.05) is 0 Å². The van der Waals surface area contributed by atoms with Gasteiger partial charge in [-0.2, -0.15) is 0 Å². The van der Waals surface area contributed by atoms with Crippen molar-refractivity contribution in [3.05, 3.63) is 40.3 Å². The van der Waals surface area contributed by atoms with E-state index in [1.54, 1.807) is 19.1 Å². The Morgan fingerprint density at radius 2 is 2.22 bits per heavy atom. The minimum absolute atomic E-state index is 0.203. The van der Waals surface area contributed by atoms with E-state index in [9.17, 15) is 18.4 Å². The van der Waals surface area contributed by atoms with Crippen LogP contribution in [0.1, 0.15) is 17.3 Å². The molecule has 1 atom stereocenters. The van der Waals surface area contributed by atoms with Crippen molar-refractivity contribution >= 4 is 44.7 Å². The van der Waals surface area contributed by atoms with Crippen molar-refractivity contribution < 1.29 is 18.3 Å². The lowest BCUT2D eigenvalue weighted by Crippen LogP contribution is -2.09. The van der Waals surface area contributed by atoms with Crippen LogP contribution in [0.15, 0.2) is 29.2 Å². The fraction of sp³-hybridized carbons (Fsp3) is 0.143. The highest BCUT2D eigenvalue weighted by Crippen LogP contribution is 2.27. The minimum Gasteiger partial charge on any atom is -0.755 e. The third-order valence-corrected chi connectivity index (χ3v) is 3.74. The Labute approximate surface area is 132 Å². The van der Waals surface area contributed by atoms with Gasteiger partial charge in [0.25, 0.3) is 5.56 Å². The van der Waals surface area contributed by atoms with E-state index in [-0.39, 0.29) is 23.2 Å². The summed E-state index contributed by atoms with van der Waals surface area (Å²) in [7, 11) is 0. The Morgan fingerprint density at radius 1 is 1.43 bits per heavy atom. The van der Waals surface area contributed by atoms with Gasteiger partial charge < -0.3 is 24.0 Å². The third-order valence-electron chi connectivity index (χ3n) is 3.34. The monoisotopic (exact) mass is 334 g/mol. The van der Waals surface area contributed by atoms with Gasteiger partial charge in [0.1, 0.15) is 5.52 Å². The summed E-state index contributed by atoms with van der Waals surface area (Å²) in [6.45, 7) is 1.89. The predicted molar refractivity (Wildman–Crippen MR) is 84.9 cm³/mol. The van der Waals surface area contributed by atoms with E-state index in [1.165, 1.54) is 12.3 Å². The van der Waals surface area contributed by atoms with Crippen LogP contribution in [0.25, 0.3) is 21.8 Å². The SMILES string of the molecule is CCOC(=O)c1c[nH]c2c(=O)[nH]c3ccc(NS(=O)[O-])cc3c12. The highest BCUT2D eigenvalue weighted by molar-refractivity contribution is 7.80. The van der Waals surface area contributed by atoms with Crippen LogP contribution in [0.4, 0.5) is 5.69 Å². The number of nitrogens with one attached hydrogen (secondary N) is 3. The van der Waals surface area contributed by atoms with Crippen molar-refractivity contribution in [1.29, 1.82) is 0 Å². The number of esters is 1. The molecule has 3 N–H and O–H groups in total. The number of hydrogen-bond donors (Lipinski definition) is 3. The third kappa shape index (κ3) is 2.71. The topological polar surface area (TPSA) is 127 Å². The average molecular weight is 334 g/mol. The van der Waals surface area contributed by atoms with E-state index >= 15 is 0 Å². The van der Waals surface area contributed by atoms with E-state index < -0.39 is 17.2 Å². The van der Waals surface area contributed by atoms with Crippen LogP contribution in [0.2, 0.25) is 0 Å². The Morgan fingerprint density at radius 3 is 2.91 bits per heavy atom. The van der Waals surface area contributed by atoms with Gasteiger partial charge in [0.2, 0.25) is 0 Å². The van der Waals surface area contributed by atoms with Gasteiger partial charge >= 0.3 is 5.97 Å². The highest BCUT2D eigenvalue weighted by atomic mass is 32.2. The lowest BCUT2D eigenvalue weighted by molar-refractivity contribution is 0.0529. The average Bonchev–Trinajstić information content (AvgIpc) is 2.93. The summed E-state index contributed by atoms with van der Waals surface area (Å²) in [4.78, 5) is 29.6. The zero-order valence-electron chi connectivity index (χ0n) is 12.0. The van der Waals surface area contributed by atoms with Gasteiger partial charge in [0.15, 0.2) is 0 Å². The Kier molecular flexibility index (Phi) is 3.89. The summed E-state index contributed by atoms with van der Waals surface area (Å²) in [5.74, 6) is -0.559. The molecule has 0 saturated carbocycles. The standard InChI is InChI=1S/C14H13N3O5S/c1-2-22-14(19)9-6-15-12-11(9)8-5-7(17-23(20)21)3-4-10(8)16-13(12)18/h3-6,15,17H,2H2,1H3,(H,16,18)(H,20,21)/p-1. The van der Waals surface area contributed by atoms with Crippen molar-refractivity contribution in [3.8, 4) is 0 Å². The molecule has 0 amide bonds. The molecule has 0 bridgehead atoms. The molecule has 8 nitrogen and oxygen atoms in total. The van der Waals surface area contributed by atoms with Crippen molar-refractivity contribution in [2.75, 3.05) is 11.3 Å². The number of carbonyl (C=O) groups is 1. The molecule has 0 aliphatic rings. The first kappa shape index (κ1) is 15.3. The number of aromatic amines is 2. The number of anilines is 1. The van der Waals surface area contributed by atoms with E-state index in [4.69, 9.17) is 4.74 Å². The summed E-state index contributed by atoms with van der Waals surface area (Å²) in [6.07, 6.45) is 1.41. The number of hydrogen-bond acceptors (Lipinski definition) is 5. The van der Waals surface area contributed by atoms with Crippen LogP contribution in [0.3, 0.4) is 0 Å². The van der Waals surface area contributed by atoms with E-state index in [1.807, 2.05) is 0 Å². The second kappa shape index (κ2) is 5.86. The molecular weight excluding hydrogens is 322 g/mol. The normalized spacial score (nSPS) is 12.4. The Balaban J connectivity index is 2.33. The fourth-order valence-electron chi connectivity index (χ4n) is 2.46. The summed E-state index contributed by atoms with van der Waals surface area (Å²) < 4.78 is 28.8. The van der Waals surface area contributed by atoms with Gasteiger partial charge in [-0.25, -0.2) is 4.79 Å². The summed E-state index contributed by atoms with van der Waals surface area (Å²) in [5.41, 5.74) is 0.862. The molecule has 2 aromatic heterocycles. The minimum atomic E-state index is -2.48. The molecule has 0 aliphatic heterocycles. The number of fused-ring (bicyclic) bond motifs is 3. The Bertz CT molecular complexity index is 991. The number of H-pyrrole nitrogens is 2. The number of pyridine rings is 1.